The highest BCUT2D eigenvalue weighted by Crippen LogP contribution is 2.37. The Kier molecular flexibility index (Phi) is 7.29. The van der Waals surface area contributed by atoms with E-state index in [1.807, 2.05) is 6.92 Å². The lowest BCUT2D eigenvalue weighted by Crippen LogP contribution is -2.15. The van der Waals surface area contributed by atoms with Gasteiger partial charge in [0.15, 0.2) is 17.4 Å². The SMILES string of the molecule is CNc1c(N)cc(C(C(=O)O)c2ccc(C)c(NCOc3ccccc3[SH](=O)=O)c2)cc1O. The van der Waals surface area contributed by atoms with Gasteiger partial charge in [-0.05, 0) is 53.9 Å². The molecule has 3 aromatic rings. The summed E-state index contributed by atoms with van der Waals surface area (Å²) in [6.45, 7) is 1.81. The Bertz CT molecular complexity index is 1230. The summed E-state index contributed by atoms with van der Waals surface area (Å²) < 4.78 is 28.3. The van der Waals surface area contributed by atoms with Crippen LogP contribution in [0.15, 0.2) is 59.5 Å². The standard InChI is InChI=1S/C23H25N3O6S/c1-13-7-8-14(21(23(28)29)15-9-16(24)22(25-2)18(27)11-15)10-17(13)26-12-32-19-5-3-4-6-20(19)33(30)31/h3-11,21,25-27,33H,12,24H2,1-2H3,(H,28,29). The summed E-state index contributed by atoms with van der Waals surface area (Å²) in [6, 6.07) is 14.3. The van der Waals surface area contributed by atoms with E-state index in [4.69, 9.17) is 10.5 Å². The molecular formula is C23H25N3O6S. The predicted octanol–water partition coefficient (Wildman–Crippen LogP) is 2.96. The van der Waals surface area contributed by atoms with E-state index in [1.165, 1.54) is 18.2 Å². The van der Waals surface area contributed by atoms with E-state index in [0.717, 1.165) is 5.56 Å². The van der Waals surface area contributed by atoms with Gasteiger partial charge in [0.2, 0.25) is 0 Å². The zero-order valence-corrected chi connectivity index (χ0v) is 18.9. The van der Waals surface area contributed by atoms with E-state index in [9.17, 15) is 23.4 Å². The largest absolute Gasteiger partial charge is 0.506 e. The number of hydrogen-bond acceptors (Lipinski definition) is 8. The van der Waals surface area contributed by atoms with Crippen LogP contribution in [0.5, 0.6) is 11.5 Å². The van der Waals surface area contributed by atoms with Gasteiger partial charge in [-0.3, -0.25) is 4.79 Å². The molecule has 9 nitrogen and oxygen atoms in total. The fourth-order valence-corrected chi connectivity index (χ4v) is 4.05. The first kappa shape index (κ1) is 23.7. The maximum Gasteiger partial charge on any atom is 0.315 e. The zero-order valence-electron chi connectivity index (χ0n) is 18.0. The molecule has 0 aromatic heterocycles. The number of carboxylic acids is 1. The number of aliphatic carboxylic acids is 1. The molecule has 3 rings (SSSR count). The van der Waals surface area contributed by atoms with Gasteiger partial charge in [0.05, 0.1) is 11.4 Å². The van der Waals surface area contributed by atoms with Crippen molar-refractivity contribution in [2.75, 3.05) is 30.1 Å². The summed E-state index contributed by atoms with van der Waals surface area (Å²) in [5.74, 6) is -2.11. The summed E-state index contributed by atoms with van der Waals surface area (Å²) >= 11 is 0. The van der Waals surface area contributed by atoms with Crippen molar-refractivity contribution in [1.29, 1.82) is 0 Å². The number of nitrogen functional groups attached to an aromatic ring is 1. The van der Waals surface area contributed by atoms with Crippen molar-refractivity contribution in [3.8, 4) is 11.5 Å². The van der Waals surface area contributed by atoms with Gasteiger partial charge in [0, 0.05) is 12.7 Å². The Morgan fingerprint density at radius 2 is 1.85 bits per heavy atom. The number of nitrogens with two attached hydrogens (primary N) is 1. The lowest BCUT2D eigenvalue weighted by atomic mass is 9.89. The van der Waals surface area contributed by atoms with Crippen molar-refractivity contribution < 1.29 is 28.2 Å². The second kappa shape index (κ2) is 10.1. The zero-order chi connectivity index (χ0) is 24.1. The van der Waals surface area contributed by atoms with Gasteiger partial charge in [-0.25, -0.2) is 8.42 Å². The van der Waals surface area contributed by atoms with Gasteiger partial charge >= 0.3 is 5.97 Å². The number of phenolic OH excluding ortho intramolecular Hbond substituents is 1. The topological polar surface area (TPSA) is 151 Å². The predicted molar refractivity (Wildman–Crippen MR) is 127 cm³/mol. The highest BCUT2D eigenvalue weighted by molar-refractivity contribution is 7.72. The molecule has 0 aliphatic carbocycles. The molecule has 0 bridgehead atoms. The lowest BCUT2D eigenvalue weighted by molar-refractivity contribution is -0.137. The van der Waals surface area contributed by atoms with Crippen molar-refractivity contribution in [2.45, 2.75) is 17.7 Å². The first-order chi connectivity index (χ1) is 15.7. The molecule has 0 aliphatic rings. The Morgan fingerprint density at radius 3 is 2.48 bits per heavy atom. The molecule has 0 amide bonds. The molecule has 0 fully saturated rings. The lowest BCUT2D eigenvalue weighted by Gasteiger charge is -2.19. The first-order valence-electron chi connectivity index (χ1n) is 9.96. The maximum absolute atomic E-state index is 12.1. The summed E-state index contributed by atoms with van der Waals surface area (Å²) in [6.07, 6.45) is 0. The normalized spacial score (nSPS) is 11.7. The van der Waals surface area contributed by atoms with Gasteiger partial charge in [0.1, 0.15) is 22.3 Å². The van der Waals surface area contributed by atoms with E-state index < -0.39 is 22.6 Å². The van der Waals surface area contributed by atoms with Crippen LogP contribution in [0.1, 0.15) is 22.6 Å². The second-order valence-electron chi connectivity index (χ2n) is 7.29. The Morgan fingerprint density at radius 1 is 1.12 bits per heavy atom. The van der Waals surface area contributed by atoms with Gasteiger partial charge in [-0.2, -0.15) is 0 Å². The van der Waals surface area contributed by atoms with Gasteiger partial charge in [-0.15, -0.1) is 0 Å². The third-order valence-electron chi connectivity index (χ3n) is 5.15. The minimum absolute atomic E-state index is 0.0349. The molecule has 0 saturated heterocycles. The number of rotatable bonds is 9. The summed E-state index contributed by atoms with van der Waals surface area (Å²) in [4.78, 5) is 12.2. The number of carboxylic acid groups (broad SMARTS) is 1. The van der Waals surface area contributed by atoms with Crippen molar-refractivity contribution in [2.24, 2.45) is 0 Å². The molecule has 10 heteroatoms. The number of benzene rings is 3. The number of anilines is 3. The quantitative estimate of drug-likeness (QED) is 0.120. The monoisotopic (exact) mass is 471 g/mol. The van der Waals surface area contributed by atoms with Gasteiger partial charge in [0.25, 0.3) is 0 Å². The molecule has 0 saturated carbocycles. The molecule has 33 heavy (non-hydrogen) atoms. The number of ether oxygens (including phenoxy) is 1. The molecule has 6 N–H and O–H groups in total. The van der Waals surface area contributed by atoms with Gasteiger partial charge in [-0.1, -0.05) is 24.3 Å². The smallest absolute Gasteiger partial charge is 0.315 e. The molecule has 0 heterocycles. The van der Waals surface area contributed by atoms with Crippen molar-refractivity contribution in [3.05, 3.63) is 71.3 Å². The van der Waals surface area contributed by atoms with Crippen LogP contribution in [0.25, 0.3) is 0 Å². The number of phenols is 1. The van der Waals surface area contributed by atoms with Crippen molar-refractivity contribution in [1.82, 2.24) is 0 Å². The van der Waals surface area contributed by atoms with Crippen LogP contribution in [-0.4, -0.2) is 38.4 Å². The van der Waals surface area contributed by atoms with Gasteiger partial charge < -0.3 is 31.3 Å². The molecule has 174 valence electrons. The van der Waals surface area contributed by atoms with Crippen LogP contribution in [0.3, 0.4) is 0 Å². The van der Waals surface area contributed by atoms with E-state index in [0.29, 0.717) is 22.5 Å². The fourth-order valence-electron chi connectivity index (χ4n) is 3.52. The van der Waals surface area contributed by atoms with Crippen LogP contribution >= 0.6 is 0 Å². The molecule has 1 unspecified atom stereocenters. The number of carbonyl (C=O) groups is 1. The van der Waals surface area contributed by atoms with Crippen LogP contribution in [-0.2, 0) is 15.5 Å². The van der Waals surface area contributed by atoms with Crippen LogP contribution in [0, 0.1) is 6.92 Å². The van der Waals surface area contributed by atoms with Crippen LogP contribution in [0.2, 0.25) is 0 Å². The average Bonchev–Trinajstić information content (AvgIpc) is 2.75. The third kappa shape index (κ3) is 5.29. The fraction of sp³-hybridized carbons (Fsp3) is 0.174. The molecule has 3 aromatic carbocycles. The highest BCUT2D eigenvalue weighted by atomic mass is 32.2. The Labute approximate surface area is 192 Å². The number of hydrogen-bond donors (Lipinski definition) is 6. The molecule has 0 aliphatic heterocycles. The Hall–Kier alpha value is -3.92. The summed E-state index contributed by atoms with van der Waals surface area (Å²) in [7, 11) is -1.20. The highest BCUT2D eigenvalue weighted by Gasteiger charge is 2.25. The van der Waals surface area contributed by atoms with Crippen molar-refractivity contribution in [3.63, 3.8) is 0 Å². The van der Waals surface area contributed by atoms with Crippen molar-refractivity contribution >= 4 is 33.7 Å². The molecule has 0 spiro atoms. The second-order valence-corrected chi connectivity index (χ2v) is 8.29. The summed E-state index contributed by atoms with van der Waals surface area (Å²) in [5.41, 5.74) is 8.77. The molecule has 0 radical (unpaired) electrons. The summed E-state index contributed by atoms with van der Waals surface area (Å²) in [5, 5.41) is 26.0. The number of nitrogens with one attached hydrogen (secondary N) is 2. The third-order valence-corrected chi connectivity index (χ3v) is 5.91. The minimum Gasteiger partial charge on any atom is -0.506 e. The van der Waals surface area contributed by atoms with E-state index in [2.05, 4.69) is 10.6 Å². The molecule has 1 atom stereocenters. The number of aromatic hydroxyl groups is 1. The number of para-hydroxylation sites is 1. The first-order valence-corrected chi connectivity index (χ1v) is 11.1. The van der Waals surface area contributed by atoms with Crippen LogP contribution < -0.4 is 21.1 Å². The number of thiol groups is 1. The van der Waals surface area contributed by atoms with E-state index >= 15 is 0 Å². The van der Waals surface area contributed by atoms with Crippen LogP contribution in [0.4, 0.5) is 17.1 Å². The van der Waals surface area contributed by atoms with E-state index in [-0.39, 0.29) is 28.8 Å². The Balaban J connectivity index is 1.87. The maximum atomic E-state index is 12.1. The minimum atomic E-state index is -2.80. The number of aryl methyl sites for hydroxylation is 1. The molecular weight excluding hydrogens is 446 g/mol. The average molecular weight is 472 g/mol. The van der Waals surface area contributed by atoms with E-state index in [1.54, 1.807) is 43.4 Å².